The fraction of sp³-hybridized carbons (Fsp3) is 0.367. The molecule has 3 heteroatoms. The molecule has 0 bridgehead atoms. The largest absolute Gasteiger partial charge is 0.481 e. The number of hydrogen-bond acceptors (Lipinski definition) is 1. The van der Waals surface area contributed by atoms with E-state index in [0.29, 0.717) is 18.4 Å². The summed E-state index contributed by atoms with van der Waals surface area (Å²) in [7, 11) is 0. The van der Waals surface area contributed by atoms with Gasteiger partial charge >= 0.3 is 5.97 Å². The number of benzene rings is 3. The van der Waals surface area contributed by atoms with E-state index >= 15 is 0 Å². The van der Waals surface area contributed by atoms with Gasteiger partial charge in [0, 0.05) is 0 Å². The lowest BCUT2D eigenvalue weighted by molar-refractivity contribution is -0.143. The van der Waals surface area contributed by atoms with Crippen LogP contribution in [-0.2, 0) is 48.7 Å². The molecule has 3 aromatic rings. The Morgan fingerprint density at radius 2 is 1.12 bits per heavy atom. The molecule has 1 N–H and O–H groups in total. The van der Waals surface area contributed by atoms with Gasteiger partial charge in [0.1, 0.15) is 11.2 Å². The van der Waals surface area contributed by atoms with E-state index in [4.69, 9.17) is 0 Å². The first-order valence-corrected chi connectivity index (χ1v) is 12.3. The predicted molar refractivity (Wildman–Crippen MR) is 128 cm³/mol. The number of hydrogen-bond donors (Lipinski definition) is 1. The van der Waals surface area contributed by atoms with E-state index in [9.17, 15) is 14.3 Å². The number of fused-ring (bicyclic) bond motifs is 7. The predicted octanol–water partition coefficient (Wildman–Crippen LogP) is 6.37. The lowest BCUT2D eigenvalue weighted by Crippen LogP contribution is -2.40. The van der Waals surface area contributed by atoms with Gasteiger partial charge in [-0.05, 0) is 126 Å². The fourth-order valence-corrected chi connectivity index (χ4v) is 6.63. The highest BCUT2D eigenvalue weighted by Gasteiger charge is 2.44. The quantitative estimate of drug-likeness (QED) is 0.503. The molecule has 2 nitrogen and oxygen atoms in total. The molecule has 0 aliphatic heterocycles. The van der Waals surface area contributed by atoms with Gasteiger partial charge in [-0.15, -0.1) is 0 Å². The maximum Gasteiger partial charge on any atom is 0.314 e. The van der Waals surface area contributed by atoms with Crippen molar-refractivity contribution >= 4 is 5.97 Å². The lowest BCUT2D eigenvalue weighted by atomic mass is 9.72. The second-order valence-electron chi connectivity index (χ2n) is 10.1. The van der Waals surface area contributed by atoms with Gasteiger partial charge in [0.25, 0.3) is 0 Å². The maximum absolute atomic E-state index is 13.8. The van der Waals surface area contributed by atoms with Crippen LogP contribution in [0, 0.1) is 5.82 Å². The van der Waals surface area contributed by atoms with Crippen LogP contribution in [0.5, 0.6) is 0 Å². The van der Waals surface area contributed by atoms with Crippen molar-refractivity contribution in [2.45, 2.75) is 69.6 Å². The van der Waals surface area contributed by atoms with E-state index < -0.39 is 11.4 Å². The Bertz CT molecular complexity index is 1190. The number of rotatable bonds is 2. The summed E-state index contributed by atoms with van der Waals surface area (Å²) in [6.07, 6.45) is 10.0. The van der Waals surface area contributed by atoms with Crippen LogP contribution in [0.2, 0.25) is 0 Å². The molecule has 6 rings (SSSR count). The summed E-state index contributed by atoms with van der Waals surface area (Å²) in [5, 5.41) is 10.7. The molecular formula is C30H29FO2. The van der Waals surface area contributed by atoms with Crippen LogP contribution in [0.4, 0.5) is 4.39 Å². The molecule has 0 spiro atoms. The smallest absolute Gasteiger partial charge is 0.314 e. The first kappa shape index (κ1) is 20.7. The van der Waals surface area contributed by atoms with Gasteiger partial charge in [0.2, 0.25) is 0 Å². The minimum atomic E-state index is -1.11. The number of carbonyl (C=O) groups is 1. The van der Waals surface area contributed by atoms with Crippen molar-refractivity contribution in [3.05, 3.63) is 93.3 Å². The third-order valence-corrected chi connectivity index (χ3v) is 8.28. The first-order valence-electron chi connectivity index (χ1n) is 12.3. The molecule has 0 aromatic heterocycles. The van der Waals surface area contributed by atoms with Gasteiger partial charge in [0.15, 0.2) is 0 Å². The standard InChI is InChI=1S/C30H29FO2/c31-24-15-13-23(14-16-24)30(29(32)33)17-21-11-9-19-5-1-3-7-25(19)27(21)28-22(18-30)12-10-20-6-2-4-8-26(20)28/h9-16H,1-8,17-18H2,(H,32,33). The summed E-state index contributed by atoms with van der Waals surface area (Å²) >= 11 is 0. The number of carboxylic acid groups (broad SMARTS) is 1. The van der Waals surface area contributed by atoms with Crippen LogP contribution in [-0.4, -0.2) is 11.1 Å². The van der Waals surface area contributed by atoms with E-state index in [1.165, 1.54) is 71.2 Å². The molecule has 0 atom stereocenters. The summed E-state index contributed by atoms with van der Waals surface area (Å²) in [4.78, 5) is 13.0. The van der Waals surface area contributed by atoms with Crippen molar-refractivity contribution < 1.29 is 14.3 Å². The third kappa shape index (κ3) is 3.24. The van der Waals surface area contributed by atoms with E-state index in [1.54, 1.807) is 12.1 Å². The van der Waals surface area contributed by atoms with Crippen molar-refractivity contribution in [3.8, 4) is 11.1 Å². The molecule has 0 saturated carbocycles. The summed E-state index contributed by atoms with van der Waals surface area (Å²) in [6.45, 7) is 0. The minimum Gasteiger partial charge on any atom is -0.481 e. The molecule has 3 aliphatic rings. The Hall–Kier alpha value is -2.94. The normalized spacial score (nSPS) is 18.3. The Morgan fingerprint density at radius 1 is 0.667 bits per heavy atom. The highest BCUT2D eigenvalue weighted by molar-refractivity contribution is 5.88. The van der Waals surface area contributed by atoms with Crippen LogP contribution in [0.1, 0.15) is 64.6 Å². The lowest BCUT2D eigenvalue weighted by Gasteiger charge is -2.30. The Morgan fingerprint density at radius 3 is 1.61 bits per heavy atom. The van der Waals surface area contributed by atoms with Gasteiger partial charge in [-0.25, -0.2) is 4.39 Å². The zero-order chi connectivity index (χ0) is 22.6. The average molecular weight is 441 g/mol. The second kappa shape index (κ2) is 7.83. The fourth-order valence-electron chi connectivity index (χ4n) is 6.63. The molecule has 0 amide bonds. The molecule has 3 aliphatic carbocycles. The van der Waals surface area contributed by atoms with Crippen molar-refractivity contribution in [2.24, 2.45) is 0 Å². The number of aryl methyl sites for hydroxylation is 2. The summed E-state index contributed by atoms with van der Waals surface area (Å²) in [6, 6.07) is 15.0. The number of halogens is 1. The minimum absolute atomic E-state index is 0.336. The zero-order valence-corrected chi connectivity index (χ0v) is 18.9. The van der Waals surface area contributed by atoms with Crippen LogP contribution < -0.4 is 0 Å². The van der Waals surface area contributed by atoms with Crippen molar-refractivity contribution in [1.29, 1.82) is 0 Å². The molecular weight excluding hydrogens is 411 g/mol. The molecule has 3 aromatic carbocycles. The summed E-state index contributed by atoms with van der Waals surface area (Å²) < 4.78 is 13.8. The third-order valence-electron chi connectivity index (χ3n) is 8.28. The molecule has 0 unspecified atom stereocenters. The number of aliphatic carboxylic acids is 1. The van der Waals surface area contributed by atoms with Crippen LogP contribution >= 0.6 is 0 Å². The Labute approximate surface area is 194 Å². The topological polar surface area (TPSA) is 37.3 Å². The highest BCUT2D eigenvalue weighted by atomic mass is 19.1. The first-order chi connectivity index (χ1) is 16.1. The molecule has 0 fully saturated rings. The summed E-state index contributed by atoms with van der Waals surface area (Å²) in [5.74, 6) is -1.17. The molecule has 0 radical (unpaired) electrons. The molecule has 33 heavy (non-hydrogen) atoms. The van der Waals surface area contributed by atoms with E-state index in [1.807, 2.05) is 0 Å². The van der Waals surface area contributed by atoms with E-state index in [0.717, 1.165) is 36.8 Å². The van der Waals surface area contributed by atoms with E-state index in [2.05, 4.69) is 24.3 Å². The van der Waals surface area contributed by atoms with Crippen LogP contribution in [0.15, 0.2) is 48.5 Å². The van der Waals surface area contributed by atoms with Gasteiger partial charge in [-0.1, -0.05) is 36.4 Å². The maximum atomic E-state index is 13.8. The highest BCUT2D eigenvalue weighted by Crippen LogP contribution is 2.48. The Balaban J connectivity index is 1.67. The summed E-state index contributed by atoms with van der Waals surface area (Å²) in [5.41, 5.74) is 10.3. The molecule has 168 valence electrons. The molecule has 0 saturated heterocycles. The van der Waals surface area contributed by atoms with Crippen LogP contribution in [0.25, 0.3) is 11.1 Å². The SMILES string of the molecule is O=C(O)C1(c2ccc(F)cc2)Cc2ccc3c(c2-c2c(ccc4c2CCCC4)C1)CCCC3. The van der Waals surface area contributed by atoms with Gasteiger partial charge in [0.05, 0.1) is 0 Å². The zero-order valence-electron chi connectivity index (χ0n) is 18.9. The van der Waals surface area contributed by atoms with Gasteiger partial charge < -0.3 is 5.11 Å². The number of carboxylic acids is 1. The monoisotopic (exact) mass is 440 g/mol. The van der Waals surface area contributed by atoms with Gasteiger partial charge in [-0.3, -0.25) is 4.79 Å². The van der Waals surface area contributed by atoms with Crippen molar-refractivity contribution in [3.63, 3.8) is 0 Å². The van der Waals surface area contributed by atoms with Crippen molar-refractivity contribution in [2.75, 3.05) is 0 Å². The Kier molecular flexibility index (Phi) is 4.90. The second-order valence-corrected chi connectivity index (χ2v) is 10.1. The van der Waals surface area contributed by atoms with E-state index in [-0.39, 0.29) is 5.82 Å². The van der Waals surface area contributed by atoms with Crippen LogP contribution in [0.3, 0.4) is 0 Å². The molecule has 0 heterocycles. The van der Waals surface area contributed by atoms with Gasteiger partial charge in [-0.2, -0.15) is 0 Å². The average Bonchev–Trinajstić information content (AvgIpc) is 3.00. The van der Waals surface area contributed by atoms with Crippen molar-refractivity contribution in [1.82, 2.24) is 0 Å².